The second kappa shape index (κ2) is 7.99. The predicted molar refractivity (Wildman–Crippen MR) is 89.8 cm³/mol. The molecule has 5 heteroatoms. The lowest BCUT2D eigenvalue weighted by Gasteiger charge is -2.16. The van der Waals surface area contributed by atoms with Crippen molar-refractivity contribution < 1.29 is 19.4 Å². The third-order valence-corrected chi connectivity index (χ3v) is 3.45. The fourth-order valence-electron chi connectivity index (χ4n) is 2.18. The molecule has 0 aliphatic heterocycles. The maximum atomic E-state index is 12.2. The van der Waals surface area contributed by atoms with Crippen molar-refractivity contribution in [3.63, 3.8) is 0 Å². The number of hydrogen-bond donors (Lipinski definition) is 2. The van der Waals surface area contributed by atoms with E-state index in [0.717, 1.165) is 5.56 Å². The SMILES string of the molecule is CC(C)NC(=O)COC(=O)c1cc(C(C)C)cc(C(C)C)c1O. The molecule has 1 aromatic rings. The van der Waals surface area contributed by atoms with E-state index in [9.17, 15) is 14.7 Å². The van der Waals surface area contributed by atoms with E-state index in [2.05, 4.69) is 5.32 Å². The van der Waals surface area contributed by atoms with Gasteiger partial charge in [-0.2, -0.15) is 0 Å². The molecule has 5 nitrogen and oxygen atoms in total. The van der Waals surface area contributed by atoms with Crippen LogP contribution in [0.4, 0.5) is 0 Å². The quantitative estimate of drug-likeness (QED) is 0.788. The largest absolute Gasteiger partial charge is 0.507 e. The fourth-order valence-corrected chi connectivity index (χ4v) is 2.18. The van der Waals surface area contributed by atoms with E-state index in [1.165, 1.54) is 0 Å². The number of phenols is 1. The molecule has 0 unspecified atom stereocenters. The van der Waals surface area contributed by atoms with Crippen LogP contribution in [0, 0.1) is 0 Å². The summed E-state index contributed by atoms with van der Waals surface area (Å²) in [5.74, 6) is -0.838. The van der Waals surface area contributed by atoms with Crippen LogP contribution in [-0.4, -0.2) is 29.6 Å². The summed E-state index contributed by atoms with van der Waals surface area (Å²) in [5.41, 5.74) is 1.76. The van der Waals surface area contributed by atoms with Crippen LogP contribution in [0.5, 0.6) is 5.75 Å². The molecule has 0 radical (unpaired) electrons. The van der Waals surface area contributed by atoms with Crippen molar-refractivity contribution in [3.05, 3.63) is 28.8 Å². The number of esters is 1. The van der Waals surface area contributed by atoms with Crippen molar-refractivity contribution in [2.24, 2.45) is 0 Å². The lowest BCUT2D eigenvalue weighted by atomic mass is 9.92. The van der Waals surface area contributed by atoms with E-state index in [0.29, 0.717) is 5.56 Å². The van der Waals surface area contributed by atoms with E-state index >= 15 is 0 Å². The minimum Gasteiger partial charge on any atom is -0.507 e. The summed E-state index contributed by atoms with van der Waals surface area (Å²) in [6.07, 6.45) is 0. The molecule has 1 aromatic carbocycles. The molecule has 2 N–H and O–H groups in total. The van der Waals surface area contributed by atoms with Gasteiger partial charge in [-0.05, 0) is 42.9 Å². The first-order valence-electron chi connectivity index (χ1n) is 7.96. The molecule has 0 spiro atoms. The Morgan fingerprint density at radius 1 is 1.09 bits per heavy atom. The van der Waals surface area contributed by atoms with Gasteiger partial charge < -0.3 is 15.2 Å². The molecular formula is C18H27NO4. The first-order valence-corrected chi connectivity index (χ1v) is 7.96. The van der Waals surface area contributed by atoms with Crippen LogP contribution in [0.15, 0.2) is 12.1 Å². The molecule has 0 atom stereocenters. The zero-order valence-electron chi connectivity index (χ0n) is 14.8. The van der Waals surface area contributed by atoms with Gasteiger partial charge in [0.05, 0.1) is 0 Å². The molecule has 128 valence electrons. The van der Waals surface area contributed by atoms with Gasteiger partial charge in [0.25, 0.3) is 5.91 Å². The summed E-state index contributed by atoms with van der Waals surface area (Å²) in [6.45, 7) is 11.2. The average molecular weight is 321 g/mol. The van der Waals surface area contributed by atoms with Gasteiger partial charge in [-0.15, -0.1) is 0 Å². The van der Waals surface area contributed by atoms with Gasteiger partial charge in [-0.3, -0.25) is 4.79 Å². The Morgan fingerprint density at radius 3 is 2.17 bits per heavy atom. The monoisotopic (exact) mass is 321 g/mol. The Hall–Kier alpha value is -2.04. The van der Waals surface area contributed by atoms with Gasteiger partial charge in [0.15, 0.2) is 6.61 Å². The smallest absolute Gasteiger partial charge is 0.342 e. The number of aromatic hydroxyl groups is 1. The molecule has 0 saturated heterocycles. The molecule has 0 fully saturated rings. The Morgan fingerprint density at radius 2 is 1.70 bits per heavy atom. The first-order chi connectivity index (χ1) is 10.6. The van der Waals surface area contributed by atoms with Crippen molar-refractivity contribution >= 4 is 11.9 Å². The van der Waals surface area contributed by atoms with Crippen molar-refractivity contribution in [3.8, 4) is 5.75 Å². The highest BCUT2D eigenvalue weighted by Crippen LogP contribution is 2.33. The van der Waals surface area contributed by atoms with Crippen molar-refractivity contribution in [1.29, 1.82) is 0 Å². The van der Waals surface area contributed by atoms with Gasteiger partial charge >= 0.3 is 5.97 Å². The number of nitrogens with one attached hydrogen (secondary N) is 1. The topological polar surface area (TPSA) is 75.6 Å². The molecule has 0 bridgehead atoms. The molecule has 23 heavy (non-hydrogen) atoms. The second-order valence-electron chi connectivity index (χ2n) is 6.61. The zero-order valence-corrected chi connectivity index (χ0v) is 14.8. The van der Waals surface area contributed by atoms with Gasteiger partial charge in [0.2, 0.25) is 0 Å². The highest BCUT2D eigenvalue weighted by Gasteiger charge is 2.21. The number of hydrogen-bond acceptors (Lipinski definition) is 4. The molecule has 0 aliphatic rings. The summed E-state index contributed by atoms with van der Waals surface area (Å²) in [7, 11) is 0. The van der Waals surface area contributed by atoms with Gasteiger partial charge in [-0.25, -0.2) is 4.79 Å². The molecule has 0 heterocycles. The van der Waals surface area contributed by atoms with Gasteiger partial charge in [0.1, 0.15) is 11.3 Å². The Labute approximate surface area is 138 Å². The van der Waals surface area contributed by atoms with Crippen LogP contribution < -0.4 is 5.32 Å². The third kappa shape index (κ3) is 5.27. The standard InChI is InChI=1S/C18H27NO4/c1-10(2)13-7-14(11(3)4)17(21)15(8-13)18(22)23-9-16(20)19-12(5)6/h7-8,10-12,21H,9H2,1-6H3,(H,19,20). The first kappa shape index (κ1) is 19.0. The number of rotatable bonds is 6. The summed E-state index contributed by atoms with van der Waals surface area (Å²) in [6, 6.07) is 3.52. The number of benzene rings is 1. The fraction of sp³-hybridized carbons (Fsp3) is 0.556. The normalized spacial score (nSPS) is 11.2. The van der Waals surface area contributed by atoms with Crippen LogP contribution in [0.2, 0.25) is 0 Å². The lowest BCUT2D eigenvalue weighted by Crippen LogP contribution is -2.34. The van der Waals surface area contributed by atoms with Crippen LogP contribution in [0.1, 0.15) is 74.9 Å². The third-order valence-electron chi connectivity index (χ3n) is 3.45. The molecule has 0 aromatic heterocycles. The maximum Gasteiger partial charge on any atom is 0.342 e. The number of carbonyl (C=O) groups is 2. The Bertz CT molecular complexity index is 577. The summed E-state index contributed by atoms with van der Waals surface area (Å²) < 4.78 is 5.03. The molecule has 1 rings (SSSR count). The molecule has 0 aliphatic carbocycles. The van der Waals surface area contributed by atoms with Crippen molar-refractivity contribution in [1.82, 2.24) is 5.32 Å². The summed E-state index contributed by atoms with van der Waals surface area (Å²) >= 11 is 0. The van der Waals surface area contributed by atoms with E-state index in [1.807, 2.05) is 47.6 Å². The molecular weight excluding hydrogens is 294 g/mol. The minimum absolute atomic E-state index is 0.0218. The lowest BCUT2D eigenvalue weighted by molar-refractivity contribution is -0.124. The van der Waals surface area contributed by atoms with E-state index in [-0.39, 0.29) is 41.7 Å². The highest BCUT2D eigenvalue weighted by atomic mass is 16.5. The maximum absolute atomic E-state index is 12.2. The number of amides is 1. The Kier molecular flexibility index (Phi) is 6.61. The predicted octanol–water partition coefficient (Wildman–Crippen LogP) is 3.32. The number of phenolic OH excluding ortho intramolecular Hbond substituents is 1. The van der Waals surface area contributed by atoms with Crippen LogP contribution in [-0.2, 0) is 9.53 Å². The van der Waals surface area contributed by atoms with Gasteiger partial charge in [0, 0.05) is 6.04 Å². The van der Waals surface area contributed by atoms with E-state index < -0.39 is 5.97 Å². The van der Waals surface area contributed by atoms with E-state index in [4.69, 9.17) is 4.74 Å². The van der Waals surface area contributed by atoms with Crippen LogP contribution in [0.3, 0.4) is 0 Å². The summed E-state index contributed by atoms with van der Waals surface area (Å²) in [5, 5.41) is 13.0. The number of ether oxygens (including phenoxy) is 1. The van der Waals surface area contributed by atoms with Crippen molar-refractivity contribution in [2.75, 3.05) is 6.61 Å². The molecule has 0 saturated carbocycles. The average Bonchev–Trinajstić information content (AvgIpc) is 2.43. The second-order valence-corrected chi connectivity index (χ2v) is 6.61. The van der Waals surface area contributed by atoms with Crippen molar-refractivity contribution in [2.45, 2.75) is 59.4 Å². The number of carbonyl (C=O) groups excluding carboxylic acids is 2. The van der Waals surface area contributed by atoms with Gasteiger partial charge in [-0.1, -0.05) is 33.8 Å². The summed E-state index contributed by atoms with van der Waals surface area (Å²) in [4.78, 5) is 23.8. The minimum atomic E-state index is -0.689. The zero-order chi connectivity index (χ0) is 17.7. The molecule has 1 amide bonds. The Balaban J connectivity index is 3.01. The highest BCUT2D eigenvalue weighted by molar-refractivity contribution is 5.94. The van der Waals surface area contributed by atoms with Crippen LogP contribution >= 0.6 is 0 Å². The van der Waals surface area contributed by atoms with Crippen LogP contribution in [0.25, 0.3) is 0 Å². The van der Waals surface area contributed by atoms with E-state index in [1.54, 1.807) is 6.07 Å².